The standard InChI is InChI=1S/C15H15NO3S2/c1-19-10-6-7-12(16)13(8-10)20-14-9-21(17,18)15-5-3-2-4-11(14)15/h2-8,14H,9,16H2,1H3. The normalized spacial score (nSPS) is 19.2. The summed E-state index contributed by atoms with van der Waals surface area (Å²) in [4.78, 5) is 1.27. The first-order valence-electron chi connectivity index (χ1n) is 6.43. The molecule has 0 fully saturated rings. The van der Waals surface area contributed by atoms with Crippen LogP contribution in [0.2, 0.25) is 0 Å². The van der Waals surface area contributed by atoms with Gasteiger partial charge in [0, 0.05) is 10.6 Å². The summed E-state index contributed by atoms with van der Waals surface area (Å²) in [5.41, 5.74) is 7.46. The molecule has 1 atom stereocenters. The van der Waals surface area contributed by atoms with E-state index in [1.54, 1.807) is 31.4 Å². The van der Waals surface area contributed by atoms with Gasteiger partial charge in [0.25, 0.3) is 0 Å². The molecule has 1 unspecified atom stereocenters. The highest BCUT2D eigenvalue weighted by Crippen LogP contribution is 2.46. The lowest BCUT2D eigenvalue weighted by Gasteiger charge is -2.12. The second kappa shape index (κ2) is 5.27. The minimum Gasteiger partial charge on any atom is -0.497 e. The molecule has 2 N–H and O–H groups in total. The number of benzene rings is 2. The lowest BCUT2D eigenvalue weighted by atomic mass is 10.2. The van der Waals surface area contributed by atoms with Gasteiger partial charge in [0.1, 0.15) is 5.75 Å². The molecule has 0 aromatic heterocycles. The Morgan fingerprint density at radius 3 is 2.76 bits per heavy atom. The maximum atomic E-state index is 12.2. The van der Waals surface area contributed by atoms with Crippen LogP contribution in [0.1, 0.15) is 10.8 Å². The highest BCUT2D eigenvalue weighted by atomic mass is 32.2. The molecule has 0 saturated heterocycles. The molecular formula is C15H15NO3S2. The summed E-state index contributed by atoms with van der Waals surface area (Å²) in [7, 11) is -1.60. The van der Waals surface area contributed by atoms with E-state index in [1.807, 2.05) is 18.2 Å². The average Bonchev–Trinajstić information content (AvgIpc) is 2.73. The van der Waals surface area contributed by atoms with Crippen molar-refractivity contribution in [3.63, 3.8) is 0 Å². The van der Waals surface area contributed by atoms with Crippen LogP contribution in [-0.2, 0) is 9.84 Å². The fourth-order valence-corrected chi connectivity index (χ4v) is 5.93. The summed E-state index contributed by atoms with van der Waals surface area (Å²) in [5.74, 6) is 0.814. The molecule has 0 bridgehead atoms. The van der Waals surface area contributed by atoms with Crippen molar-refractivity contribution in [2.24, 2.45) is 0 Å². The molecule has 4 nitrogen and oxygen atoms in total. The average molecular weight is 321 g/mol. The van der Waals surface area contributed by atoms with E-state index >= 15 is 0 Å². The highest BCUT2D eigenvalue weighted by Gasteiger charge is 2.35. The third-order valence-corrected chi connectivity index (χ3v) is 6.80. The number of fused-ring (bicyclic) bond motifs is 1. The van der Waals surface area contributed by atoms with Gasteiger partial charge in [-0.15, -0.1) is 11.8 Å². The van der Waals surface area contributed by atoms with E-state index < -0.39 is 9.84 Å². The number of hydrogen-bond acceptors (Lipinski definition) is 5. The van der Waals surface area contributed by atoms with Gasteiger partial charge in [0.2, 0.25) is 0 Å². The number of anilines is 1. The number of methoxy groups -OCH3 is 1. The number of sulfone groups is 1. The predicted octanol–water partition coefficient (Wildman–Crippen LogP) is 2.90. The number of thioether (sulfide) groups is 1. The minimum atomic E-state index is -3.20. The van der Waals surface area contributed by atoms with Crippen molar-refractivity contribution in [1.82, 2.24) is 0 Å². The van der Waals surface area contributed by atoms with Gasteiger partial charge in [0.05, 0.1) is 23.0 Å². The summed E-state index contributed by atoms with van der Waals surface area (Å²) >= 11 is 1.47. The van der Waals surface area contributed by atoms with Crippen LogP contribution < -0.4 is 10.5 Å². The Hall–Kier alpha value is -1.66. The molecule has 0 spiro atoms. The van der Waals surface area contributed by atoms with Crippen molar-refractivity contribution in [1.29, 1.82) is 0 Å². The molecule has 1 heterocycles. The van der Waals surface area contributed by atoms with Crippen molar-refractivity contribution >= 4 is 27.3 Å². The Kier molecular flexibility index (Phi) is 3.59. The first-order valence-corrected chi connectivity index (χ1v) is 8.96. The highest BCUT2D eigenvalue weighted by molar-refractivity contribution is 8.01. The fourth-order valence-electron chi connectivity index (χ4n) is 2.40. The van der Waals surface area contributed by atoms with Gasteiger partial charge in [-0.2, -0.15) is 0 Å². The smallest absolute Gasteiger partial charge is 0.180 e. The first-order chi connectivity index (χ1) is 10.0. The lowest BCUT2D eigenvalue weighted by Crippen LogP contribution is -2.01. The van der Waals surface area contributed by atoms with Crippen molar-refractivity contribution in [2.45, 2.75) is 15.0 Å². The van der Waals surface area contributed by atoms with Gasteiger partial charge in [-0.3, -0.25) is 0 Å². The molecule has 2 aromatic rings. The molecule has 0 saturated carbocycles. The van der Waals surface area contributed by atoms with E-state index in [-0.39, 0.29) is 11.0 Å². The van der Waals surface area contributed by atoms with E-state index in [0.717, 1.165) is 10.5 Å². The van der Waals surface area contributed by atoms with Gasteiger partial charge in [-0.05, 0) is 29.8 Å². The van der Waals surface area contributed by atoms with Crippen LogP contribution in [0.3, 0.4) is 0 Å². The zero-order valence-electron chi connectivity index (χ0n) is 11.4. The van der Waals surface area contributed by atoms with E-state index in [0.29, 0.717) is 16.3 Å². The number of ether oxygens (including phenoxy) is 1. The topological polar surface area (TPSA) is 69.4 Å². The van der Waals surface area contributed by atoms with Gasteiger partial charge in [-0.1, -0.05) is 18.2 Å². The SMILES string of the molecule is COc1ccc(N)c(SC2CS(=O)(=O)c3ccccc32)c1. The Balaban J connectivity index is 1.97. The van der Waals surface area contributed by atoms with Crippen molar-refractivity contribution in [3.8, 4) is 5.75 Å². The second-order valence-electron chi connectivity index (χ2n) is 4.83. The van der Waals surface area contributed by atoms with Crippen molar-refractivity contribution in [2.75, 3.05) is 18.6 Å². The molecule has 110 valence electrons. The lowest BCUT2D eigenvalue weighted by molar-refractivity contribution is 0.414. The van der Waals surface area contributed by atoms with Crippen LogP contribution in [0.25, 0.3) is 0 Å². The van der Waals surface area contributed by atoms with Crippen LogP contribution in [0.15, 0.2) is 52.3 Å². The fraction of sp³-hybridized carbons (Fsp3) is 0.200. The third-order valence-electron chi connectivity index (χ3n) is 3.46. The molecule has 0 amide bonds. The van der Waals surface area contributed by atoms with E-state index in [1.165, 1.54) is 11.8 Å². The molecule has 3 rings (SSSR count). The van der Waals surface area contributed by atoms with Gasteiger partial charge >= 0.3 is 0 Å². The number of nitrogen functional groups attached to an aromatic ring is 1. The van der Waals surface area contributed by atoms with Gasteiger partial charge < -0.3 is 10.5 Å². The molecule has 6 heteroatoms. The molecule has 1 aliphatic rings. The van der Waals surface area contributed by atoms with Crippen LogP contribution in [0.5, 0.6) is 5.75 Å². The summed E-state index contributed by atoms with van der Waals surface area (Å²) < 4.78 is 29.6. The van der Waals surface area contributed by atoms with Crippen molar-refractivity contribution < 1.29 is 13.2 Å². The van der Waals surface area contributed by atoms with Gasteiger partial charge in [0.15, 0.2) is 9.84 Å². The predicted molar refractivity (Wildman–Crippen MR) is 84.5 cm³/mol. The number of nitrogens with two attached hydrogens (primary N) is 1. The maximum absolute atomic E-state index is 12.2. The monoisotopic (exact) mass is 321 g/mol. The van der Waals surface area contributed by atoms with Gasteiger partial charge in [-0.25, -0.2) is 8.42 Å². The van der Waals surface area contributed by atoms with Crippen LogP contribution >= 0.6 is 11.8 Å². The van der Waals surface area contributed by atoms with Crippen LogP contribution in [0.4, 0.5) is 5.69 Å². The van der Waals surface area contributed by atoms with Crippen molar-refractivity contribution in [3.05, 3.63) is 48.0 Å². The number of hydrogen-bond donors (Lipinski definition) is 1. The molecule has 0 aliphatic carbocycles. The molecule has 0 radical (unpaired) electrons. The Morgan fingerprint density at radius 1 is 1.24 bits per heavy atom. The van der Waals surface area contributed by atoms with E-state index in [2.05, 4.69) is 0 Å². The Labute approximate surface area is 128 Å². The largest absolute Gasteiger partial charge is 0.497 e. The third kappa shape index (κ3) is 2.61. The maximum Gasteiger partial charge on any atom is 0.180 e. The van der Waals surface area contributed by atoms with Crippen LogP contribution in [-0.4, -0.2) is 21.3 Å². The minimum absolute atomic E-state index is 0.105. The van der Waals surface area contributed by atoms with E-state index in [4.69, 9.17) is 10.5 Å². The summed E-state index contributed by atoms with van der Waals surface area (Å²) in [6.07, 6.45) is 0. The second-order valence-corrected chi connectivity index (χ2v) is 8.08. The Morgan fingerprint density at radius 2 is 2.00 bits per heavy atom. The summed E-state index contributed by atoms with van der Waals surface area (Å²) in [6.45, 7) is 0. The summed E-state index contributed by atoms with van der Waals surface area (Å²) in [6, 6.07) is 12.6. The number of rotatable bonds is 3. The Bertz CT molecular complexity index is 787. The molecule has 21 heavy (non-hydrogen) atoms. The summed E-state index contributed by atoms with van der Waals surface area (Å²) in [5, 5.41) is -0.138. The molecule has 2 aromatic carbocycles. The zero-order chi connectivity index (χ0) is 15.0. The molecular weight excluding hydrogens is 306 g/mol. The molecule has 1 aliphatic heterocycles. The quantitative estimate of drug-likeness (QED) is 0.880. The van der Waals surface area contributed by atoms with E-state index in [9.17, 15) is 8.42 Å². The zero-order valence-corrected chi connectivity index (χ0v) is 13.1. The van der Waals surface area contributed by atoms with Crippen LogP contribution in [0, 0.1) is 0 Å². The first kappa shape index (κ1) is 14.3.